The lowest BCUT2D eigenvalue weighted by Gasteiger charge is -2.01. The first-order valence-electron chi connectivity index (χ1n) is 5.47. The highest BCUT2D eigenvalue weighted by Crippen LogP contribution is 2.24. The summed E-state index contributed by atoms with van der Waals surface area (Å²) in [6.07, 6.45) is 2.37. The van der Waals surface area contributed by atoms with Crippen LogP contribution in [0, 0.1) is 0 Å². The molecule has 0 bridgehead atoms. The van der Waals surface area contributed by atoms with E-state index >= 15 is 0 Å². The number of rotatable bonds is 3. The molecule has 3 rings (SSSR count). The van der Waals surface area contributed by atoms with Gasteiger partial charge in [0.15, 0.2) is 0 Å². The number of halogens is 1. The number of hydrogen-bond donors (Lipinski definition) is 2. The molecule has 3 N–H and O–H groups in total. The van der Waals surface area contributed by atoms with Gasteiger partial charge in [0.1, 0.15) is 0 Å². The monoisotopic (exact) mass is 293 g/mol. The quantitative estimate of drug-likeness (QED) is 0.910. The Morgan fingerprint density at radius 1 is 1.29 bits per heavy atom. The molecule has 0 radical (unpaired) electrons. The molecular formula is C11H12BrN5. The second kappa shape index (κ2) is 4.03. The van der Waals surface area contributed by atoms with Gasteiger partial charge in [-0.05, 0) is 37.1 Å². The summed E-state index contributed by atoms with van der Waals surface area (Å²) < 4.78 is 2.66. The molecule has 88 valence electrons. The van der Waals surface area contributed by atoms with Crippen molar-refractivity contribution in [3.63, 3.8) is 0 Å². The molecule has 1 aromatic carbocycles. The second-order valence-electron chi connectivity index (χ2n) is 4.10. The zero-order valence-corrected chi connectivity index (χ0v) is 10.7. The molecule has 0 spiro atoms. The van der Waals surface area contributed by atoms with E-state index in [1.165, 1.54) is 12.8 Å². The molecule has 1 aliphatic rings. The van der Waals surface area contributed by atoms with Gasteiger partial charge in [-0.3, -0.25) is 0 Å². The summed E-state index contributed by atoms with van der Waals surface area (Å²) in [5, 5.41) is 7.57. The molecule has 6 heteroatoms. The molecule has 5 nitrogen and oxygen atoms in total. The van der Waals surface area contributed by atoms with Crippen LogP contribution in [0.25, 0.3) is 5.69 Å². The predicted molar refractivity (Wildman–Crippen MR) is 70.1 cm³/mol. The minimum atomic E-state index is 0.399. The average molecular weight is 294 g/mol. The van der Waals surface area contributed by atoms with E-state index in [1.807, 2.05) is 24.3 Å². The van der Waals surface area contributed by atoms with Crippen molar-refractivity contribution < 1.29 is 0 Å². The van der Waals surface area contributed by atoms with E-state index in [2.05, 4.69) is 31.3 Å². The van der Waals surface area contributed by atoms with Gasteiger partial charge in [0.25, 0.3) is 0 Å². The van der Waals surface area contributed by atoms with Crippen LogP contribution < -0.4 is 11.1 Å². The molecule has 0 amide bonds. The van der Waals surface area contributed by atoms with Crippen LogP contribution >= 0.6 is 15.9 Å². The molecule has 0 aliphatic heterocycles. The molecular weight excluding hydrogens is 282 g/mol. The third-order valence-electron chi connectivity index (χ3n) is 2.61. The maximum Gasteiger partial charge on any atom is 0.244 e. The number of hydrogen-bond acceptors (Lipinski definition) is 4. The van der Waals surface area contributed by atoms with E-state index in [1.54, 1.807) is 4.68 Å². The maximum atomic E-state index is 5.85. The van der Waals surface area contributed by atoms with Crippen LogP contribution in [0.3, 0.4) is 0 Å². The Labute approximate surface area is 107 Å². The van der Waals surface area contributed by atoms with Gasteiger partial charge in [-0.2, -0.15) is 9.67 Å². The fourth-order valence-corrected chi connectivity index (χ4v) is 1.83. The van der Waals surface area contributed by atoms with Crippen LogP contribution in [0.2, 0.25) is 0 Å². The summed E-state index contributed by atoms with van der Waals surface area (Å²) in [6.45, 7) is 0. The topological polar surface area (TPSA) is 68.8 Å². The third kappa shape index (κ3) is 2.26. The number of nitrogen functional groups attached to an aromatic ring is 1. The van der Waals surface area contributed by atoms with Crippen LogP contribution in [0.1, 0.15) is 12.8 Å². The van der Waals surface area contributed by atoms with Crippen LogP contribution in [0.15, 0.2) is 28.7 Å². The van der Waals surface area contributed by atoms with Gasteiger partial charge in [-0.25, -0.2) is 0 Å². The zero-order valence-electron chi connectivity index (χ0n) is 9.10. The molecule has 1 heterocycles. The molecule has 1 fully saturated rings. The van der Waals surface area contributed by atoms with Crippen molar-refractivity contribution in [2.45, 2.75) is 18.9 Å². The van der Waals surface area contributed by atoms with Gasteiger partial charge in [0.2, 0.25) is 11.9 Å². The predicted octanol–water partition coefficient (Wildman–Crippen LogP) is 2.19. The Morgan fingerprint density at radius 2 is 2.00 bits per heavy atom. The first-order chi connectivity index (χ1) is 8.22. The lowest BCUT2D eigenvalue weighted by atomic mass is 10.3. The van der Waals surface area contributed by atoms with E-state index in [9.17, 15) is 0 Å². The van der Waals surface area contributed by atoms with Crippen molar-refractivity contribution in [1.29, 1.82) is 0 Å². The minimum absolute atomic E-state index is 0.399. The average Bonchev–Trinajstić information content (AvgIpc) is 3.03. The van der Waals surface area contributed by atoms with Crippen molar-refractivity contribution in [3.05, 3.63) is 28.7 Å². The van der Waals surface area contributed by atoms with Crippen molar-refractivity contribution in [2.75, 3.05) is 11.1 Å². The summed E-state index contributed by atoms with van der Waals surface area (Å²) >= 11 is 3.39. The Balaban J connectivity index is 1.90. The maximum absolute atomic E-state index is 5.85. The first kappa shape index (κ1) is 10.6. The molecule has 1 aliphatic carbocycles. The molecule has 0 saturated heterocycles. The largest absolute Gasteiger partial charge is 0.368 e. The molecule has 1 aromatic heterocycles. The molecule has 0 atom stereocenters. The highest BCUT2D eigenvalue weighted by atomic mass is 79.9. The van der Waals surface area contributed by atoms with Gasteiger partial charge in [-0.1, -0.05) is 15.9 Å². The Hall–Kier alpha value is -1.56. The lowest BCUT2D eigenvalue weighted by Crippen LogP contribution is -2.04. The van der Waals surface area contributed by atoms with Crippen molar-refractivity contribution in [1.82, 2.24) is 14.8 Å². The van der Waals surface area contributed by atoms with Crippen LogP contribution in [0.5, 0.6) is 0 Å². The smallest absolute Gasteiger partial charge is 0.244 e. The van der Waals surface area contributed by atoms with E-state index in [0.717, 1.165) is 10.2 Å². The number of nitrogens with zero attached hydrogens (tertiary/aromatic N) is 3. The summed E-state index contributed by atoms with van der Waals surface area (Å²) in [5.41, 5.74) is 6.75. The summed E-state index contributed by atoms with van der Waals surface area (Å²) in [5.74, 6) is 1.00. The first-order valence-corrected chi connectivity index (χ1v) is 6.27. The SMILES string of the molecule is Nc1nc(NC2CC2)nn1-c1ccc(Br)cc1. The second-order valence-corrected chi connectivity index (χ2v) is 5.02. The minimum Gasteiger partial charge on any atom is -0.368 e. The lowest BCUT2D eigenvalue weighted by molar-refractivity contribution is 0.886. The molecule has 0 unspecified atom stereocenters. The van der Waals surface area contributed by atoms with Gasteiger partial charge in [0, 0.05) is 10.5 Å². The summed E-state index contributed by atoms with van der Waals surface area (Å²) in [4.78, 5) is 4.20. The van der Waals surface area contributed by atoms with Gasteiger partial charge in [-0.15, -0.1) is 5.10 Å². The summed E-state index contributed by atoms with van der Waals surface area (Å²) in [6, 6.07) is 8.30. The molecule has 17 heavy (non-hydrogen) atoms. The normalized spacial score (nSPS) is 14.9. The third-order valence-corrected chi connectivity index (χ3v) is 3.14. The van der Waals surface area contributed by atoms with Crippen LogP contribution in [-0.4, -0.2) is 20.8 Å². The number of nitrogens with one attached hydrogen (secondary N) is 1. The number of anilines is 2. The number of benzene rings is 1. The summed E-state index contributed by atoms with van der Waals surface area (Å²) in [7, 11) is 0. The van der Waals surface area contributed by atoms with E-state index in [-0.39, 0.29) is 0 Å². The number of aromatic nitrogens is 3. The highest BCUT2D eigenvalue weighted by Gasteiger charge is 2.23. The fourth-order valence-electron chi connectivity index (χ4n) is 1.57. The van der Waals surface area contributed by atoms with E-state index < -0.39 is 0 Å². The highest BCUT2D eigenvalue weighted by molar-refractivity contribution is 9.10. The fraction of sp³-hybridized carbons (Fsp3) is 0.273. The van der Waals surface area contributed by atoms with Crippen molar-refractivity contribution in [3.8, 4) is 5.69 Å². The molecule has 2 aromatic rings. The standard InChI is InChI=1S/C11H12BrN5/c12-7-1-5-9(6-2-7)17-10(13)15-11(16-17)14-8-3-4-8/h1-2,5-6,8H,3-4H2,(H3,13,14,15,16). The van der Waals surface area contributed by atoms with Crippen molar-refractivity contribution in [2.24, 2.45) is 0 Å². The van der Waals surface area contributed by atoms with Crippen LogP contribution in [-0.2, 0) is 0 Å². The van der Waals surface area contributed by atoms with Gasteiger partial charge >= 0.3 is 0 Å². The molecule has 1 saturated carbocycles. The zero-order chi connectivity index (χ0) is 11.8. The van der Waals surface area contributed by atoms with Crippen LogP contribution in [0.4, 0.5) is 11.9 Å². The van der Waals surface area contributed by atoms with Crippen molar-refractivity contribution >= 4 is 27.8 Å². The Kier molecular flexibility index (Phi) is 2.51. The number of nitrogens with two attached hydrogens (primary N) is 1. The Morgan fingerprint density at radius 3 is 2.65 bits per heavy atom. The van der Waals surface area contributed by atoms with E-state index in [0.29, 0.717) is 17.9 Å². The Bertz CT molecular complexity index is 529. The van der Waals surface area contributed by atoms with E-state index in [4.69, 9.17) is 5.73 Å². The van der Waals surface area contributed by atoms with Gasteiger partial charge < -0.3 is 11.1 Å². The van der Waals surface area contributed by atoms with Gasteiger partial charge in [0.05, 0.1) is 5.69 Å².